The van der Waals surface area contributed by atoms with Gasteiger partial charge in [-0.3, -0.25) is 14.4 Å². The van der Waals surface area contributed by atoms with Gasteiger partial charge in [-0.1, -0.05) is 17.7 Å². The molecule has 3 N–H and O–H groups in total. The monoisotopic (exact) mass is 395 g/mol. The van der Waals surface area contributed by atoms with Gasteiger partial charge < -0.3 is 16.0 Å². The van der Waals surface area contributed by atoms with Gasteiger partial charge in [0.25, 0.3) is 5.91 Å². The summed E-state index contributed by atoms with van der Waals surface area (Å²) in [5.74, 6) is -3.90. The van der Waals surface area contributed by atoms with Crippen LogP contribution in [0.2, 0.25) is 5.02 Å². The van der Waals surface area contributed by atoms with Gasteiger partial charge >= 0.3 is 0 Å². The van der Waals surface area contributed by atoms with E-state index in [9.17, 15) is 23.2 Å². The Morgan fingerprint density at radius 1 is 0.963 bits per heavy atom. The van der Waals surface area contributed by atoms with E-state index in [-0.39, 0.29) is 6.54 Å². The second kappa shape index (κ2) is 9.09. The van der Waals surface area contributed by atoms with Crippen LogP contribution in [0.1, 0.15) is 15.9 Å². The maximum absolute atomic E-state index is 13.5. The van der Waals surface area contributed by atoms with E-state index in [4.69, 9.17) is 11.6 Å². The Morgan fingerprint density at radius 3 is 2.33 bits per heavy atom. The molecule has 0 fully saturated rings. The lowest BCUT2D eigenvalue weighted by Crippen LogP contribution is -2.40. The molecule has 0 aliphatic heterocycles. The van der Waals surface area contributed by atoms with E-state index in [1.165, 1.54) is 0 Å². The summed E-state index contributed by atoms with van der Waals surface area (Å²) in [5.41, 5.74) is 0.942. The Hall–Kier alpha value is -3.00. The smallest absolute Gasteiger partial charge is 0.254 e. The number of benzene rings is 2. The molecule has 2 aromatic rings. The Kier molecular flexibility index (Phi) is 6.84. The third-order valence-electron chi connectivity index (χ3n) is 3.43. The Morgan fingerprint density at radius 2 is 1.67 bits per heavy atom. The van der Waals surface area contributed by atoms with Crippen LogP contribution >= 0.6 is 11.6 Å². The normalized spacial score (nSPS) is 10.2. The molecular formula is C18H16ClF2N3O3. The molecule has 0 radical (unpaired) electrons. The fraction of sp³-hybridized carbons (Fsp3) is 0.167. The average Bonchev–Trinajstić information content (AvgIpc) is 2.60. The number of carbonyl (C=O) groups is 3. The fourth-order valence-corrected chi connectivity index (χ4v) is 2.37. The van der Waals surface area contributed by atoms with Crippen molar-refractivity contribution in [2.45, 2.75) is 6.92 Å². The molecule has 0 heterocycles. The minimum atomic E-state index is -1.04. The van der Waals surface area contributed by atoms with Crippen molar-refractivity contribution < 1.29 is 23.2 Å². The van der Waals surface area contributed by atoms with Crippen LogP contribution in [0, 0.1) is 18.6 Å². The van der Waals surface area contributed by atoms with Gasteiger partial charge in [-0.05, 0) is 36.8 Å². The molecule has 27 heavy (non-hydrogen) atoms. The van der Waals surface area contributed by atoms with Crippen molar-refractivity contribution in [3.05, 3.63) is 64.2 Å². The first-order chi connectivity index (χ1) is 12.8. The van der Waals surface area contributed by atoms with E-state index in [1.807, 2.05) is 6.92 Å². The predicted octanol–water partition coefficient (Wildman–Crippen LogP) is 2.41. The summed E-state index contributed by atoms with van der Waals surface area (Å²) in [6.45, 7) is 1.03. The highest BCUT2D eigenvalue weighted by Crippen LogP contribution is 2.22. The minimum absolute atomic E-state index is 0.343. The third-order valence-corrected chi connectivity index (χ3v) is 3.74. The second-order valence-corrected chi connectivity index (χ2v) is 6.02. The first-order valence-electron chi connectivity index (χ1n) is 7.82. The Bertz CT molecular complexity index is 890. The number of hydrogen-bond donors (Lipinski definition) is 3. The zero-order valence-corrected chi connectivity index (χ0v) is 15.0. The summed E-state index contributed by atoms with van der Waals surface area (Å²) in [6, 6.07) is 7.55. The molecule has 0 saturated carbocycles. The van der Waals surface area contributed by atoms with Gasteiger partial charge in [0.2, 0.25) is 11.8 Å². The fourth-order valence-electron chi connectivity index (χ4n) is 2.09. The molecule has 0 aliphatic carbocycles. The minimum Gasteiger partial charge on any atom is -0.345 e. The number of carbonyl (C=O) groups excluding carboxylic acids is 3. The van der Waals surface area contributed by atoms with Crippen molar-refractivity contribution in [3.8, 4) is 0 Å². The summed E-state index contributed by atoms with van der Waals surface area (Å²) in [6.07, 6.45) is 0. The topological polar surface area (TPSA) is 87.3 Å². The summed E-state index contributed by atoms with van der Waals surface area (Å²) >= 11 is 6.00. The van der Waals surface area contributed by atoms with Gasteiger partial charge in [-0.2, -0.15) is 0 Å². The van der Waals surface area contributed by atoms with Crippen LogP contribution < -0.4 is 16.0 Å². The second-order valence-electron chi connectivity index (χ2n) is 5.62. The van der Waals surface area contributed by atoms with Crippen LogP contribution in [-0.2, 0) is 9.59 Å². The standard InChI is InChI=1S/C18H16ClF2N3O3/c1-10-2-5-15(13(19)6-10)24-17(26)9-22-16(25)8-23-18(27)12-4-3-11(20)7-14(12)21/h2-7H,8-9H2,1H3,(H,22,25)(H,23,27)(H,24,26). The van der Waals surface area contributed by atoms with Crippen molar-refractivity contribution in [1.82, 2.24) is 10.6 Å². The summed E-state index contributed by atoms with van der Waals surface area (Å²) in [4.78, 5) is 35.3. The van der Waals surface area contributed by atoms with E-state index in [0.717, 1.165) is 17.7 Å². The van der Waals surface area contributed by atoms with Crippen molar-refractivity contribution in [2.75, 3.05) is 18.4 Å². The van der Waals surface area contributed by atoms with Gasteiger partial charge in [-0.15, -0.1) is 0 Å². The first kappa shape index (κ1) is 20.3. The van der Waals surface area contributed by atoms with Crippen LogP contribution in [0.25, 0.3) is 0 Å². The maximum atomic E-state index is 13.5. The SMILES string of the molecule is Cc1ccc(NC(=O)CNC(=O)CNC(=O)c2ccc(F)cc2F)c(Cl)c1. The van der Waals surface area contributed by atoms with Gasteiger partial charge in [0, 0.05) is 6.07 Å². The van der Waals surface area contributed by atoms with Crippen LogP contribution in [-0.4, -0.2) is 30.8 Å². The van der Waals surface area contributed by atoms with Crippen LogP contribution in [0.4, 0.5) is 14.5 Å². The van der Waals surface area contributed by atoms with Gasteiger partial charge in [-0.25, -0.2) is 8.78 Å². The van der Waals surface area contributed by atoms with Crippen molar-refractivity contribution >= 4 is 35.0 Å². The maximum Gasteiger partial charge on any atom is 0.254 e. The molecule has 0 unspecified atom stereocenters. The van der Waals surface area contributed by atoms with Crippen LogP contribution in [0.3, 0.4) is 0 Å². The Balaban J connectivity index is 1.78. The molecule has 142 valence electrons. The number of anilines is 1. The lowest BCUT2D eigenvalue weighted by atomic mass is 10.2. The van der Waals surface area contributed by atoms with E-state index in [2.05, 4.69) is 16.0 Å². The summed E-state index contributed by atoms with van der Waals surface area (Å²) < 4.78 is 26.3. The van der Waals surface area contributed by atoms with Crippen LogP contribution in [0.5, 0.6) is 0 Å². The highest BCUT2D eigenvalue weighted by molar-refractivity contribution is 6.33. The molecular weight excluding hydrogens is 380 g/mol. The molecule has 0 atom stereocenters. The van der Waals surface area contributed by atoms with Crippen molar-refractivity contribution in [1.29, 1.82) is 0 Å². The number of amides is 3. The highest BCUT2D eigenvalue weighted by Gasteiger charge is 2.14. The zero-order chi connectivity index (χ0) is 20.0. The van der Waals surface area contributed by atoms with Gasteiger partial charge in [0.15, 0.2) is 0 Å². The molecule has 2 aromatic carbocycles. The summed E-state index contributed by atoms with van der Waals surface area (Å²) in [7, 11) is 0. The number of rotatable bonds is 6. The molecule has 0 bridgehead atoms. The molecule has 9 heteroatoms. The molecule has 0 aromatic heterocycles. The quantitative estimate of drug-likeness (QED) is 0.702. The van der Waals surface area contributed by atoms with Gasteiger partial charge in [0.05, 0.1) is 29.4 Å². The number of hydrogen-bond acceptors (Lipinski definition) is 3. The van der Waals surface area contributed by atoms with Crippen molar-refractivity contribution in [2.24, 2.45) is 0 Å². The largest absolute Gasteiger partial charge is 0.345 e. The molecule has 6 nitrogen and oxygen atoms in total. The van der Waals surface area contributed by atoms with E-state index < -0.39 is 41.5 Å². The number of halogens is 3. The lowest BCUT2D eigenvalue weighted by Gasteiger charge is -2.10. The highest BCUT2D eigenvalue weighted by atomic mass is 35.5. The zero-order valence-electron chi connectivity index (χ0n) is 14.2. The molecule has 3 amide bonds. The summed E-state index contributed by atoms with van der Waals surface area (Å²) in [5, 5.41) is 7.39. The average molecular weight is 396 g/mol. The third kappa shape index (κ3) is 6.03. The lowest BCUT2D eigenvalue weighted by molar-refractivity contribution is -0.123. The predicted molar refractivity (Wildman–Crippen MR) is 96.5 cm³/mol. The van der Waals surface area contributed by atoms with E-state index in [0.29, 0.717) is 16.8 Å². The van der Waals surface area contributed by atoms with Crippen molar-refractivity contribution in [3.63, 3.8) is 0 Å². The van der Waals surface area contributed by atoms with Crippen LogP contribution in [0.15, 0.2) is 36.4 Å². The molecule has 2 rings (SSSR count). The Labute approximate surface area is 158 Å². The van der Waals surface area contributed by atoms with E-state index in [1.54, 1.807) is 18.2 Å². The number of nitrogens with one attached hydrogen (secondary N) is 3. The number of aryl methyl sites for hydroxylation is 1. The van der Waals surface area contributed by atoms with E-state index >= 15 is 0 Å². The van der Waals surface area contributed by atoms with Gasteiger partial charge in [0.1, 0.15) is 11.6 Å². The molecule has 0 saturated heterocycles. The molecule has 0 aliphatic rings. The first-order valence-corrected chi connectivity index (χ1v) is 8.20. The molecule has 0 spiro atoms.